The molecule has 0 aliphatic carbocycles. The highest BCUT2D eigenvalue weighted by Gasteiger charge is 2.12. The van der Waals surface area contributed by atoms with Crippen molar-refractivity contribution in [3.63, 3.8) is 0 Å². The SMILES string of the molecule is N#Cc1sc(NN)nc1-c1cn[nH]c1. The Kier molecular flexibility index (Phi) is 2.14. The first-order valence-electron chi connectivity index (χ1n) is 3.72. The fraction of sp³-hybridized carbons (Fsp3) is 0. The number of H-pyrrole nitrogens is 1. The number of thiazole rings is 1. The van der Waals surface area contributed by atoms with Gasteiger partial charge in [-0.15, -0.1) is 0 Å². The van der Waals surface area contributed by atoms with Gasteiger partial charge in [-0.25, -0.2) is 10.8 Å². The number of nitriles is 1. The number of hydrogen-bond donors (Lipinski definition) is 3. The minimum atomic E-state index is 0.512. The molecule has 0 atom stereocenters. The molecule has 0 unspecified atom stereocenters. The predicted molar refractivity (Wildman–Crippen MR) is 52.2 cm³/mol. The van der Waals surface area contributed by atoms with E-state index in [2.05, 4.69) is 26.7 Å². The molecule has 2 aromatic heterocycles. The van der Waals surface area contributed by atoms with Gasteiger partial charge in [-0.2, -0.15) is 10.4 Å². The fourth-order valence-corrected chi connectivity index (χ4v) is 1.73. The summed E-state index contributed by atoms with van der Waals surface area (Å²) in [7, 11) is 0. The van der Waals surface area contributed by atoms with Crippen molar-refractivity contribution in [1.29, 1.82) is 5.26 Å². The molecule has 0 saturated carbocycles. The third-order valence-electron chi connectivity index (χ3n) is 1.62. The summed E-state index contributed by atoms with van der Waals surface area (Å²) in [5, 5.41) is 15.8. The van der Waals surface area contributed by atoms with Gasteiger partial charge in [-0.1, -0.05) is 11.3 Å². The third kappa shape index (κ3) is 1.32. The van der Waals surface area contributed by atoms with Gasteiger partial charge in [-0.3, -0.25) is 10.5 Å². The zero-order valence-electron chi connectivity index (χ0n) is 6.98. The minimum Gasteiger partial charge on any atom is -0.300 e. The molecule has 0 aromatic carbocycles. The number of hydrazine groups is 1. The van der Waals surface area contributed by atoms with E-state index in [0.29, 0.717) is 15.7 Å². The van der Waals surface area contributed by atoms with Gasteiger partial charge in [0.2, 0.25) is 0 Å². The summed E-state index contributed by atoms with van der Waals surface area (Å²) in [5.41, 5.74) is 3.78. The molecule has 4 N–H and O–H groups in total. The molecule has 14 heavy (non-hydrogen) atoms. The van der Waals surface area contributed by atoms with Crippen LogP contribution in [0.25, 0.3) is 11.3 Å². The zero-order chi connectivity index (χ0) is 9.97. The van der Waals surface area contributed by atoms with Gasteiger partial charge in [0.25, 0.3) is 0 Å². The van der Waals surface area contributed by atoms with Crippen LogP contribution in [-0.4, -0.2) is 15.2 Å². The maximum Gasteiger partial charge on any atom is 0.198 e. The van der Waals surface area contributed by atoms with Crippen LogP contribution in [0.1, 0.15) is 4.88 Å². The maximum absolute atomic E-state index is 8.85. The number of nitrogen functional groups attached to an aromatic ring is 1. The lowest BCUT2D eigenvalue weighted by Gasteiger charge is -1.89. The van der Waals surface area contributed by atoms with E-state index >= 15 is 0 Å². The van der Waals surface area contributed by atoms with Gasteiger partial charge >= 0.3 is 0 Å². The highest BCUT2D eigenvalue weighted by atomic mass is 32.1. The normalized spacial score (nSPS) is 9.71. The van der Waals surface area contributed by atoms with Gasteiger partial charge in [-0.05, 0) is 0 Å². The topological polar surface area (TPSA) is 103 Å². The third-order valence-corrected chi connectivity index (χ3v) is 2.52. The highest BCUT2D eigenvalue weighted by molar-refractivity contribution is 7.16. The monoisotopic (exact) mass is 206 g/mol. The molecule has 0 amide bonds. The summed E-state index contributed by atoms with van der Waals surface area (Å²) >= 11 is 1.21. The van der Waals surface area contributed by atoms with Crippen molar-refractivity contribution in [2.45, 2.75) is 0 Å². The highest BCUT2D eigenvalue weighted by Crippen LogP contribution is 2.29. The Morgan fingerprint density at radius 2 is 2.50 bits per heavy atom. The van der Waals surface area contributed by atoms with Crippen LogP contribution in [0.5, 0.6) is 0 Å². The summed E-state index contributed by atoms with van der Waals surface area (Å²) in [4.78, 5) is 4.66. The van der Waals surface area contributed by atoms with Crippen molar-refractivity contribution in [3.05, 3.63) is 17.3 Å². The van der Waals surface area contributed by atoms with Crippen molar-refractivity contribution in [3.8, 4) is 17.3 Å². The van der Waals surface area contributed by atoms with Crippen molar-refractivity contribution >= 4 is 16.5 Å². The van der Waals surface area contributed by atoms with Gasteiger partial charge in [0.1, 0.15) is 16.6 Å². The molecule has 0 saturated heterocycles. The van der Waals surface area contributed by atoms with E-state index in [4.69, 9.17) is 11.1 Å². The fourth-order valence-electron chi connectivity index (χ4n) is 1.03. The first kappa shape index (κ1) is 8.68. The van der Waals surface area contributed by atoms with Gasteiger partial charge in [0.05, 0.1) is 6.20 Å². The number of rotatable bonds is 2. The largest absolute Gasteiger partial charge is 0.300 e. The van der Waals surface area contributed by atoms with E-state index in [9.17, 15) is 0 Å². The van der Waals surface area contributed by atoms with Crippen molar-refractivity contribution < 1.29 is 0 Å². The Balaban J connectivity index is 2.53. The van der Waals surface area contributed by atoms with Crippen LogP contribution in [0.15, 0.2) is 12.4 Å². The molecule has 2 heterocycles. The van der Waals surface area contributed by atoms with E-state index < -0.39 is 0 Å². The van der Waals surface area contributed by atoms with Crippen LogP contribution in [0.2, 0.25) is 0 Å². The second-order valence-electron chi connectivity index (χ2n) is 2.44. The van der Waals surface area contributed by atoms with Gasteiger partial charge < -0.3 is 0 Å². The molecule has 2 aromatic rings. The van der Waals surface area contributed by atoms with Crippen LogP contribution in [0, 0.1) is 11.3 Å². The molecule has 0 aliphatic heterocycles. The molecule has 6 nitrogen and oxygen atoms in total. The number of hydrogen-bond acceptors (Lipinski definition) is 6. The van der Waals surface area contributed by atoms with E-state index in [1.54, 1.807) is 12.4 Å². The molecule has 0 bridgehead atoms. The van der Waals surface area contributed by atoms with Crippen LogP contribution in [-0.2, 0) is 0 Å². The maximum atomic E-state index is 8.85. The number of anilines is 1. The predicted octanol–water partition coefficient (Wildman–Crippen LogP) is 0.690. The van der Waals surface area contributed by atoms with Crippen molar-refractivity contribution in [2.24, 2.45) is 5.84 Å². The van der Waals surface area contributed by atoms with E-state index in [1.807, 2.05) is 0 Å². The van der Waals surface area contributed by atoms with E-state index in [-0.39, 0.29) is 0 Å². The zero-order valence-corrected chi connectivity index (χ0v) is 7.80. The van der Waals surface area contributed by atoms with Crippen LogP contribution in [0.4, 0.5) is 5.13 Å². The summed E-state index contributed by atoms with van der Waals surface area (Å²) in [6.07, 6.45) is 3.28. The number of aromatic amines is 1. The lowest BCUT2D eigenvalue weighted by molar-refractivity contribution is 1.09. The molecule has 0 aliphatic rings. The standard InChI is InChI=1S/C7H6N6S/c8-1-5-6(4-2-10-11-3-4)12-7(13-9)14-5/h2-3H,9H2,(H,10,11)(H,12,13). The molecule has 0 radical (unpaired) electrons. The second kappa shape index (κ2) is 3.45. The van der Waals surface area contributed by atoms with Crippen LogP contribution in [0.3, 0.4) is 0 Å². The van der Waals surface area contributed by atoms with E-state index in [0.717, 1.165) is 5.56 Å². The molecular weight excluding hydrogens is 200 g/mol. The minimum absolute atomic E-state index is 0.512. The van der Waals surface area contributed by atoms with Gasteiger partial charge in [0.15, 0.2) is 5.13 Å². The van der Waals surface area contributed by atoms with Gasteiger partial charge in [0, 0.05) is 11.8 Å². The first-order chi connectivity index (χ1) is 6.85. The molecular formula is C7H6N6S. The molecule has 7 heteroatoms. The average Bonchev–Trinajstić information content (AvgIpc) is 2.85. The quantitative estimate of drug-likeness (QED) is 0.495. The number of nitrogens with two attached hydrogens (primary N) is 1. The molecule has 0 spiro atoms. The number of aromatic nitrogens is 3. The second-order valence-corrected chi connectivity index (χ2v) is 3.44. The Morgan fingerprint density at radius 3 is 3.07 bits per heavy atom. The van der Waals surface area contributed by atoms with Crippen LogP contribution < -0.4 is 11.3 Å². The smallest absolute Gasteiger partial charge is 0.198 e. The Bertz CT molecular complexity index is 465. The summed E-state index contributed by atoms with van der Waals surface area (Å²) in [6, 6.07) is 2.06. The molecule has 2 rings (SSSR count). The lowest BCUT2D eigenvalue weighted by atomic mass is 10.2. The Labute approximate surface area is 83.4 Å². The Morgan fingerprint density at radius 1 is 1.64 bits per heavy atom. The summed E-state index contributed by atoms with van der Waals surface area (Å²) < 4.78 is 0. The van der Waals surface area contributed by atoms with Crippen molar-refractivity contribution in [2.75, 3.05) is 5.43 Å². The number of nitrogens with one attached hydrogen (secondary N) is 2. The van der Waals surface area contributed by atoms with E-state index in [1.165, 1.54) is 11.3 Å². The molecule has 0 fully saturated rings. The Hall–Kier alpha value is -1.91. The first-order valence-corrected chi connectivity index (χ1v) is 4.53. The molecule has 70 valence electrons. The average molecular weight is 206 g/mol. The summed E-state index contributed by atoms with van der Waals surface area (Å²) in [5.74, 6) is 5.21. The summed E-state index contributed by atoms with van der Waals surface area (Å²) in [6.45, 7) is 0. The van der Waals surface area contributed by atoms with Crippen LogP contribution >= 0.6 is 11.3 Å². The van der Waals surface area contributed by atoms with Crippen molar-refractivity contribution in [1.82, 2.24) is 15.2 Å². The lowest BCUT2D eigenvalue weighted by Crippen LogP contribution is -2.05. The number of nitrogens with zero attached hydrogens (tertiary/aromatic N) is 3.